The van der Waals surface area contributed by atoms with Crippen LogP contribution >= 0.6 is 11.6 Å². The number of amides is 1. The zero-order chi connectivity index (χ0) is 24.9. The predicted octanol–water partition coefficient (Wildman–Crippen LogP) is 4.74. The average molecular weight is 503 g/mol. The van der Waals surface area contributed by atoms with Gasteiger partial charge in [-0.3, -0.25) is 15.1 Å². The van der Waals surface area contributed by atoms with Crippen LogP contribution in [0, 0.1) is 5.92 Å². The number of carbonyl (C=O) groups excluding carboxylic acids is 1. The number of aliphatic hydroxyl groups is 1. The molecule has 0 aliphatic carbocycles. The number of benzene rings is 2. The van der Waals surface area contributed by atoms with Crippen molar-refractivity contribution in [3.8, 4) is 0 Å². The number of pyridine rings is 1. The van der Waals surface area contributed by atoms with Gasteiger partial charge in [0.1, 0.15) is 11.9 Å². The van der Waals surface area contributed by atoms with Crippen molar-refractivity contribution >= 4 is 28.4 Å². The first-order valence-corrected chi connectivity index (χ1v) is 12.9. The molecule has 0 spiro atoms. The maximum Gasteiger partial charge on any atom is 0.270 e. The molecule has 186 valence electrons. The smallest absolute Gasteiger partial charge is 0.270 e. The van der Waals surface area contributed by atoms with Crippen LogP contribution in [0.5, 0.6) is 0 Å². The summed E-state index contributed by atoms with van der Waals surface area (Å²) in [6.45, 7) is 2.55. The van der Waals surface area contributed by atoms with Gasteiger partial charge >= 0.3 is 0 Å². The van der Waals surface area contributed by atoms with Gasteiger partial charge in [0, 0.05) is 60.4 Å². The first kappa shape index (κ1) is 24.5. The molecule has 6 nitrogen and oxygen atoms in total. The molecule has 5 rings (SSSR count). The number of hydrogen-bond donors (Lipinski definition) is 2. The third-order valence-electron chi connectivity index (χ3n) is 7.05. The van der Waals surface area contributed by atoms with Crippen molar-refractivity contribution in [3.05, 3.63) is 101 Å². The molecule has 2 N–H and O–H groups in total. The van der Waals surface area contributed by atoms with Crippen LogP contribution in [0.1, 0.15) is 34.5 Å². The molecule has 2 aromatic heterocycles. The Labute approximate surface area is 216 Å². The van der Waals surface area contributed by atoms with Crippen molar-refractivity contribution in [2.45, 2.75) is 32.0 Å². The van der Waals surface area contributed by atoms with Crippen molar-refractivity contribution in [2.75, 3.05) is 19.6 Å². The maximum atomic E-state index is 13.6. The molecule has 4 aromatic rings. The average Bonchev–Trinajstić information content (AvgIpc) is 3.28. The van der Waals surface area contributed by atoms with Crippen molar-refractivity contribution in [3.63, 3.8) is 0 Å². The van der Waals surface area contributed by atoms with Crippen LogP contribution in [0.4, 0.5) is 0 Å². The van der Waals surface area contributed by atoms with E-state index in [1.165, 1.54) is 0 Å². The van der Waals surface area contributed by atoms with Crippen LogP contribution in [0.15, 0.2) is 79.1 Å². The standard InChI is InChI=1S/C29H31ClN4O2/c30-25-9-7-22(8-10-25)20-34-26-6-2-1-5-24(26)18-27(34)29(36)33-16-12-23(13-17-33)28(35)32-15-11-21-4-3-14-31-19-21/h1-10,14,18-19,23,28,32,35H,11-13,15-17,20H2. The van der Waals surface area contributed by atoms with Gasteiger partial charge in [0.15, 0.2) is 0 Å². The van der Waals surface area contributed by atoms with E-state index >= 15 is 0 Å². The molecule has 1 amide bonds. The molecule has 1 saturated heterocycles. The molecule has 1 aliphatic rings. The number of rotatable bonds is 8. The number of aromatic nitrogens is 2. The quantitative estimate of drug-likeness (QED) is 0.341. The van der Waals surface area contributed by atoms with Gasteiger partial charge in [0.05, 0.1) is 0 Å². The Bertz CT molecular complexity index is 1300. The Kier molecular flexibility index (Phi) is 7.66. The largest absolute Gasteiger partial charge is 0.378 e. The number of hydrogen-bond acceptors (Lipinski definition) is 4. The zero-order valence-corrected chi connectivity index (χ0v) is 20.9. The first-order chi connectivity index (χ1) is 17.6. The molecule has 36 heavy (non-hydrogen) atoms. The Hall–Kier alpha value is -3.19. The molecule has 3 heterocycles. The van der Waals surface area contributed by atoms with Crippen LogP contribution in [0.2, 0.25) is 5.02 Å². The fourth-order valence-corrected chi connectivity index (χ4v) is 5.11. The topological polar surface area (TPSA) is 70.4 Å². The number of nitrogens with zero attached hydrogens (tertiary/aromatic N) is 3. The number of nitrogens with one attached hydrogen (secondary N) is 1. The lowest BCUT2D eigenvalue weighted by molar-refractivity contribution is 0.0317. The highest BCUT2D eigenvalue weighted by atomic mass is 35.5. The monoisotopic (exact) mass is 502 g/mol. The molecule has 1 aliphatic heterocycles. The van der Waals surface area contributed by atoms with E-state index < -0.39 is 6.23 Å². The van der Waals surface area contributed by atoms with Crippen molar-refractivity contribution < 1.29 is 9.90 Å². The van der Waals surface area contributed by atoms with Crippen LogP contribution in [0.25, 0.3) is 10.9 Å². The summed E-state index contributed by atoms with van der Waals surface area (Å²) in [4.78, 5) is 19.7. The number of piperidine rings is 1. The normalized spacial score (nSPS) is 15.3. The molecule has 0 saturated carbocycles. The Morgan fingerprint density at radius 2 is 1.83 bits per heavy atom. The number of para-hydroxylation sites is 1. The minimum atomic E-state index is -0.574. The lowest BCUT2D eigenvalue weighted by Crippen LogP contribution is -2.45. The zero-order valence-electron chi connectivity index (χ0n) is 20.2. The molecular weight excluding hydrogens is 472 g/mol. The molecule has 1 atom stereocenters. The minimum absolute atomic E-state index is 0.0395. The van der Waals surface area contributed by atoms with Crippen molar-refractivity contribution in [1.29, 1.82) is 0 Å². The highest BCUT2D eigenvalue weighted by Crippen LogP contribution is 2.26. The van der Waals surface area contributed by atoms with Gasteiger partial charge in [-0.2, -0.15) is 0 Å². The van der Waals surface area contributed by atoms with E-state index in [9.17, 15) is 9.90 Å². The number of likely N-dealkylation sites (tertiary alicyclic amines) is 1. The van der Waals surface area contributed by atoms with E-state index in [2.05, 4.69) is 20.9 Å². The van der Waals surface area contributed by atoms with E-state index in [0.29, 0.717) is 36.9 Å². The van der Waals surface area contributed by atoms with Crippen molar-refractivity contribution in [1.82, 2.24) is 19.8 Å². The number of halogens is 1. The van der Waals surface area contributed by atoms with E-state index in [0.717, 1.165) is 41.3 Å². The second-order valence-corrected chi connectivity index (χ2v) is 9.88. The summed E-state index contributed by atoms with van der Waals surface area (Å²) in [5, 5.41) is 15.7. The molecule has 1 fully saturated rings. The van der Waals surface area contributed by atoms with E-state index in [-0.39, 0.29) is 11.8 Å². The van der Waals surface area contributed by atoms with Gasteiger partial charge in [-0.05, 0) is 60.7 Å². The van der Waals surface area contributed by atoms with Gasteiger partial charge in [0.2, 0.25) is 0 Å². The van der Waals surface area contributed by atoms with E-state index in [1.807, 2.05) is 71.8 Å². The molecule has 2 aromatic carbocycles. The first-order valence-electron chi connectivity index (χ1n) is 12.5. The summed E-state index contributed by atoms with van der Waals surface area (Å²) in [6.07, 6.45) is 5.40. The summed E-state index contributed by atoms with van der Waals surface area (Å²) in [6, 6.07) is 21.8. The van der Waals surface area contributed by atoms with Gasteiger partial charge in [-0.1, -0.05) is 48.0 Å². The fraction of sp³-hybridized carbons (Fsp3) is 0.310. The molecule has 7 heteroatoms. The van der Waals surface area contributed by atoms with E-state index in [1.54, 1.807) is 6.20 Å². The van der Waals surface area contributed by atoms with Gasteiger partial charge in [-0.15, -0.1) is 0 Å². The van der Waals surface area contributed by atoms with Gasteiger partial charge in [-0.25, -0.2) is 0 Å². The minimum Gasteiger partial charge on any atom is -0.378 e. The van der Waals surface area contributed by atoms with Gasteiger partial charge in [0.25, 0.3) is 5.91 Å². The third-order valence-corrected chi connectivity index (χ3v) is 7.30. The second-order valence-electron chi connectivity index (χ2n) is 9.44. The highest BCUT2D eigenvalue weighted by Gasteiger charge is 2.29. The SMILES string of the molecule is O=C(c1cc2ccccc2n1Cc1ccc(Cl)cc1)N1CCC(C(O)NCCc2cccnc2)CC1. The lowest BCUT2D eigenvalue weighted by atomic mass is 9.94. The Morgan fingerprint density at radius 3 is 2.58 bits per heavy atom. The second kappa shape index (κ2) is 11.2. The van der Waals surface area contributed by atoms with Crippen LogP contribution in [0.3, 0.4) is 0 Å². The third kappa shape index (κ3) is 5.62. The van der Waals surface area contributed by atoms with Crippen LogP contribution in [-0.4, -0.2) is 51.3 Å². The summed E-state index contributed by atoms with van der Waals surface area (Å²) in [5.41, 5.74) is 3.97. The summed E-state index contributed by atoms with van der Waals surface area (Å²) in [7, 11) is 0. The van der Waals surface area contributed by atoms with Gasteiger partial charge < -0.3 is 14.6 Å². The Balaban J connectivity index is 1.23. The number of carbonyl (C=O) groups is 1. The highest BCUT2D eigenvalue weighted by molar-refractivity contribution is 6.30. The number of aliphatic hydroxyl groups excluding tert-OH is 1. The summed E-state index contributed by atoms with van der Waals surface area (Å²) in [5.74, 6) is 0.167. The maximum absolute atomic E-state index is 13.6. The molecular formula is C29H31ClN4O2. The fourth-order valence-electron chi connectivity index (χ4n) is 4.99. The lowest BCUT2D eigenvalue weighted by Gasteiger charge is -2.34. The predicted molar refractivity (Wildman–Crippen MR) is 143 cm³/mol. The van der Waals surface area contributed by atoms with Crippen molar-refractivity contribution in [2.24, 2.45) is 5.92 Å². The van der Waals surface area contributed by atoms with Crippen LogP contribution < -0.4 is 5.32 Å². The summed E-state index contributed by atoms with van der Waals surface area (Å²) < 4.78 is 2.10. The Morgan fingerprint density at radius 1 is 1.06 bits per heavy atom. The van der Waals surface area contributed by atoms with E-state index in [4.69, 9.17) is 11.6 Å². The number of fused-ring (bicyclic) bond motifs is 1. The molecule has 0 bridgehead atoms. The summed E-state index contributed by atoms with van der Waals surface area (Å²) >= 11 is 6.07. The van der Waals surface area contributed by atoms with Crippen LogP contribution in [-0.2, 0) is 13.0 Å². The molecule has 0 radical (unpaired) electrons. The molecule has 1 unspecified atom stereocenters.